The van der Waals surface area contributed by atoms with Gasteiger partial charge < -0.3 is 9.15 Å². The zero-order chi connectivity index (χ0) is 12.4. The standard InChI is InChI=1S/C15H11FO2/c16-14-8-4-7-13-11(10-18-15(13)14)9-17-12-5-2-1-3-6-12/h1-8,10H,9H2. The smallest absolute Gasteiger partial charge is 0.169 e. The van der Waals surface area contributed by atoms with E-state index in [1.54, 1.807) is 6.07 Å². The second-order valence-corrected chi connectivity index (χ2v) is 3.98. The van der Waals surface area contributed by atoms with Crippen LogP contribution in [0.1, 0.15) is 5.56 Å². The van der Waals surface area contributed by atoms with Crippen LogP contribution in [0, 0.1) is 5.82 Å². The van der Waals surface area contributed by atoms with Crippen molar-refractivity contribution < 1.29 is 13.5 Å². The van der Waals surface area contributed by atoms with Gasteiger partial charge in [-0.25, -0.2) is 4.39 Å². The van der Waals surface area contributed by atoms with Crippen LogP contribution in [0.15, 0.2) is 59.2 Å². The van der Waals surface area contributed by atoms with Crippen molar-refractivity contribution in [3.63, 3.8) is 0 Å². The summed E-state index contributed by atoms with van der Waals surface area (Å²) < 4.78 is 24.3. The molecule has 0 amide bonds. The van der Waals surface area contributed by atoms with Crippen LogP contribution in [-0.2, 0) is 6.61 Å². The van der Waals surface area contributed by atoms with Gasteiger partial charge >= 0.3 is 0 Å². The molecule has 3 aromatic rings. The van der Waals surface area contributed by atoms with Gasteiger partial charge in [0.15, 0.2) is 11.4 Å². The van der Waals surface area contributed by atoms with Gasteiger partial charge in [-0.3, -0.25) is 0 Å². The number of furan rings is 1. The highest BCUT2D eigenvalue weighted by Crippen LogP contribution is 2.24. The predicted molar refractivity (Wildman–Crippen MR) is 66.9 cm³/mol. The minimum Gasteiger partial charge on any atom is -0.489 e. The van der Waals surface area contributed by atoms with Crippen LogP contribution >= 0.6 is 0 Å². The van der Waals surface area contributed by atoms with E-state index in [0.29, 0.717) is 6.61 Å². The first kappa shape index (κ1) is 10.8. The van der Waals surface area contributed by atoms with Crippen molar-refractivity contribution >= 4 is 11.0 Å². The fourth-order valence-corrected chi connectivity index (χ4v) is 1.86. The molecule has 3 heteroatoms. The van der Waals surface area contributed by atoms with Gasteiger partial charge in [0.1, 0.15) is 12.4 Å². The normalized spacial score (nSPS) is 10.7. The first-order valence-electron chi connectivity index (χ1n) is 5.67. The fourth-order valence-electron chi connectivity index (χ4n) is 1.86. The molecule has 2 aromatic carbocycles. The highest BCUT2D eigenvalue weighted by atomic mass is 19.1. The summed E-state index contributed by atoms with van der Waals surface area (Å²) in [5.74, 6) is 0.432. The number of fused-ring (bicyclic) bond motifs is 1. The highest BCUT2D eigenvalue weighted by molar-refractivity contribution is 5.81. The number of para-hydroxylation sites is 2. The van der Waals surface area contributed by atoms with Gasteiger partial charge in [0.05, 0.1) is 6.26 Å². The second kappa shape index (κ2) is 4.53. The largest absolute Gasteiger partial charge is 0.489 e. The van der Waals surface area contributed by atoms with Gasteiger partial charge in [0, 0.05) is 10.9 Å². The number of hydrogen-bond donors (Lipinski definition) is 0. The molecular formula is C15H11FO2. The molecule has 1 aromatic heterocycles. The summed E-state index contributed by atoms with van der Waals surface area (Å²) in [4.78, 5) is 0. The van der Waals surface area contributed by atoms with Crippen LogP contribution in [0.2, 0.25) is 0 Å². The van der Waals surface area contributed by atoms with E-state index >= 15 is 0 Å². The van der Waals surface area contributed by atoms with Crippen molar-refractivity contribution in [3.8, 4) is 5.75 Å². The molecule has 0 saturated carbocycles. The Morgan fingerprint density at radius 2 is 1.83 bits per heavy atom. The lowest BCUT2D eigenvalue weighted by molar-refractivity contribution is 0.306. The molecule has 0 aliphatic rings. The predicted octanol–water partition coefficient (Wildman–Crippen LogP) is 4.15. The third kappa shape index (κ3) is 1.95. The van der Waals surface area contributed by atoms with E-state index in [2.05, 4.69) is 0 Å². The molecule has 2 nitrogen and oxygen atoms in total. The van der Waals surface area contributed by atoms with Crippen molar-refractivity contribution in [2.24, 2.45) is 0 Å². The number of benzene rings is 2. The van der Waals surface area contributed by atoms with Crippen LogP contribution in [-0.4, -0.2) is 0 Å². The first-order chi connectivity index (χ1) is 8.84. The molecule has 0 saturated heterocycles. The Kier molecular flexibility index (Phi) is 2.73. The summed E-state index contributed by atoms with van der Waals surface area (Å²) >= 11 is 0. The van der Waals surface area contributed by atoms with E-state index in [4.69, 9.17) is 9.15 Å². The maximum atomic E-state index is 13.4. The maximum absolute atomic E-state index is 13.4. The lowest BCUT2D eigenvalue weighted by Crippen LogP contribution is -1.93. The van der Waals surface area contributed by atoms with Gasteiger partial charge in [-0.2, -0.15) is 0 Å². The van der Waals surface area contributed by atoms with Crippen LogP contribution in [0.3, 0.4) is 0 Å². The fraction of sp³-hybridized carbons (Fsp3) is 0.0667. The summed E-state index contributed by atoms with van der Waals surface area (Å²) in [5, 5.41) is 0.755. The van der Waals surface area contributed by atoms with Gasteiger partial charge in [-0.15, -0.1) is 0 Å². The zero-order valence-corrected chi connectivity index (χ0v) is 9.60. The van der Waals surface area contributed by atoms with Gasteiger partial charge in [-0.05, 0) is 18.2 Å². The SMILES string of the molecule is Fc1cccc2c(COc3ccccc3)coc12. The highest BCUT2D eigenvalue weighted by Gasteiger charge is 2.09. The quantitative estimate of drug-likeness (QED) is 0.688. The van der Waals surface area contributed by atoms with E-state index in [1.807, 2.05) is 36.4 Å². The minimum absolute atomic E-state index is 0.282. The first-order valence-corrected chi connectivity index (χ1v) is 5.67. The molecule has 0 radical (unpaired) electrons. The molecule has 18 heavy (non-hydrogen) atoms. The minimum atomic E-state index is -0.349. The number of ether oxygens (including phenoxy) is 1. The van der Waals surface area contributed by atoms with Crippen LogP contribution in [0.4, 0.5) is 4.39 Å². The van der Waals surface area contributed by atoms with Gasteiger partial charge in [0.25, 0.3) is 0 Å². The molecule has 0 aliphatic heterocycles. The van der Waals surface area contributed by atoms with E-state index < -0.39 is 0 Å². The summed E-state index contributed by atoms with van der Waals surface area (Å²) in [5.41, 5.74) is 1.12. The van der Waals surface area contributed by atoms with Crippen molar-refractivity contribution in [1.82, 2.24) is 0 Å². The Bertz CT molecular complexity index is 659. The van der Waals surface area contributed by atoms with Gasteiger partial charge in [0.2, 0.25) is 0 Å². The third-order valence-electron chi connectivity index (χ3n) is 2.77. The van der Waals surface area contributed by atoms with Crippen LogP contribution < -0.4 is 4.74 Å². The topological polar surface area (TPSA) is 22.4 Å². The van der Waals surface area contributed by atoms with Crippen molar-refractivity contribution in [2.75, 3.05) is 0 Å². The molecule has 0 N–H and O–H groups in total. The number of rotatable bonds is 3. The molecule has 0 bridgehead atoms. The Balaban J connectivity index is 1.85. The molecule has 0 atom stereocenters. The molecule has 1 heterocycles. The average Bonchev–Trinajstić information content (AvgIpc) is 2.82. The van der Waals surface area contributed by atoms with E-state index in [1.165, 1.54) is 12.3 Å². The maximum Gasteiger partial charge on any atom is 0.169 e. The van der Waals surface area contributed by atoms with Crippen molar-refractivity contribution in [2.45, 2.75) is 6.61 Å². The second-order valence-electron chi connectivity index (χ2n) is 3.98. The summed E-state index contributed by atoms with van der Waals surface area (Å²) in [6.07, 6.45) is 1.54. The monoisotopic (exact) mass is 242 g/mol. The number of hydrogen-bond acceptors (Lipinski definition) is 2. The third-order valence-corrected chi connectivity index (χ3v) is 2.77. The van der Waals surface area contributed by atoms with Crippen molar-refractivity contribution in [3.05, 3.63) is 66.2 Å². The molecule has 0 spiro atoms. The van der Waals surface area contributed by atoms with Crippen LogP contribution in [0.5, 0.6) is 5.75 Å². The Morgan fingerprint density at radius 3 is 2.67 bits per heavy atom. The molecule has 3 rings (SSSR count). The summed E-state index contributed by atoms with van der Waals surface area (Å²) in [6, 6.07) is 14.4. The Morgan fingerprint density at radius 1 is 1.00 bits per heavy atom. The van der Waals surface area contributed by atoms with E-state index in [-0.39, 0.29) is 11.4 Å². The molecule has 90 valence electrons. The Labute approximate surface area is 104 Å². The lowest BCUT2D eigenvalue weighted by Gasteiger charge is -2.04. The summed E-state index contributed by atoms with van der Waals surface area (Å²) in [7, 11) is 0. The van der Waals surface area contributed by atoms with Gasteiger partial charge in [-0.1, -0.05) is 30.3 Å². The molecular weight excluding hydrogens is 231 g/mol. The zero-order valence-electron chi connectivity index (χ0n) is 9.60. The van der Waals surface area contributed by atoms with E-state index in [9.17, 15) is 4.39 Å². The number of halogens is 1. The Hall–Kier alpha value is -2.29. The lowest BCUT2D eigenvalue weighted by atomic mass is 10.2. The average molecular weight is 242 g/mol. The van der Waals surface area contributed by atoms with Crippen LogP contribution in [0.25, 0.3) is 11.0 Å². The molecule has 0 aliphatic carbocycles. The summed E-state index contributed by atoms with van der Waals surface area (Å²) in [6.45, 7) is 0.362. The molecule has 0 fully saturated rings. The van der Waals surface area contributed by atoms with E-state index in [0.717, 1.165) is 16.7 Å². The molecule has 0 unspecified atom stereocenters. The van der Waals surface area contributed by atoms with Crippen molar-refractivity contribution in [1.29, 1.82) is 0 Å².